The van der Waals surface area contributed by atoms with Crippen molar-refractivity contribution >= 4 is 31.6 Å². The highest BCUT2D eigenvalue weighted by Gasteiger charge is 2.23. The largest absolute Gasteiger partial charge is 0.269 e. The predicted molar refractivity (Wildman–Crippen MR) is 85.6 cm³/mol. The van der Waals surface area contributed by atoms with E-state index in [0.717, 1.165) is 17.2 Å². The van der Waals surface area contributed by atoms with Gasteiger partial charge < -0.3 is 0 Å². The van der Waals surface area contributed by atoms with Gasteiger partial charge in [-0.2, -0.15) is 0 Å². The lowest BCUT2D eigenvalue weighted by molar-refractivity contribution is 0.588. The van der Waals surface area contributed by atoms with Crippen molar-refractivity contribution in [1.82, 2.24) is 0 Å². The van der Waals surface area contributed by atoms with E-state index in [-0.39, 0.29) is 9.37 Å². The molecule has 0 aromatic heterocycles. The van der Waals surface area contributed by atoms with Gasteiger partial charge in [0.25, 0.3) is 10.0 Å². The first kappa shape index (κ1) is 16.0. The lowest BCUT2D eigenvalue weighted by Gasteiger charge is -2.21. The van der Waals surface area contributed by atoms with Gasteiger partial charge in [0.15, 0.2) is 0 Å². The van der Waals surface area contributed by atoms with Crippen LogP contribution in [0.4, 0.5) is 10.1 Å². The maximum atomic E-state index is 13.6. The van der Waals surface area contributed by atoms with E-state index in [4.69, 9.17) is 0 Å². The zero-order valence-electron chi connectivity index (χ0n) is 11.9. The SMILES string of the molecule is Cc1ccc(N(C)S(=O)(=O)c2ccc(Br)c(F)c2)c(C)c1. The Hall–Kier alpha value is -1.40. The summed E-state index contributed by atoms with van der Waals surface area (Å²) >= 11 is 3.01. The molecule has 0 fully saturated rings. The van der Waals surface area contributed by atoms with E-state index in [1.165, 1.54) is 23.5 Å². The van der Waals surface area contributed by atoms with Crippen molar-refractivity contribution in [2.24, 2.45) is 0 Å². The molecule has 21 heavy (non-hydrogen) atoms. The Balaban J connectivity index is 2.49. The molecule has 2 rings (SSSR count). The van der Waals surface area contributed by atoms with E-state index >= 15 is 0 Å². The fourth-order valence-electron chi connectivity index (χ4n) is 2.08. The molecule has 2 aromatic carbocycles. The molecule has 0 saturated carbocycles. The van der Waals surface area contributed by atoms with Crippen LogP contribution in [0, 0.1) is 19.7 Å². The molecule has 0 saturated heterocycles. The van der Waals surface area contributed by atoms with Crippen LogP contribution in [-0.2, 0) is 10.0 Å². The average Bonchev–Trinajstić information content (AvgIpc) is 2.41. The van der Waals surface area contributed by atoms with Gasteiger partial charge in [-0.3, -0.25) is 4.31 Å². The molecule has 2 aromatic rings. The normalized spacial score (nSPS) is 11.5. The first-order chi connectivity index (χ1) is 9.73. The zero-order chi connectivity index (χ0) is 15.8. The smallest absolute Gasteiger partial charge is 0.264 e. The first-order valence-corrected chi connectivity index (χ1v) is 8.48. The van der Waals surface area contributed by atoms with Gasteiger partial charge in [-0.1, -0.05) is 17.7 Å². The molecule has 112 valence electrons. The highest BCUT2D eigenvalue weighted by molar-refractivity contribution is 9.10. The molecular formula is C15H15BrFNO2S. The summed E-state index contributed by atoms with van der Waals surface area (Å²) in [5.74, 6) is -0.606. The van der Waals surface area contributed by atoms with Crippen LogP contribution >= 0.6 is 15.9 Å². The van der Waals surface area contributed by atoms with E-state index in [1.807, 2.05) is 26.0 Å². The molecule has 3 nitrogen and oxygen atoms in total. The van der Waals surface area contributed by atoms with E-state index in [9.17, 15) is 12.8 Å². The van der Waals surface area contributed by atoms with Crippen LogP contribution in [0.15, 0.2) is 45.8 Å². The Morgan fingerprint density at radius 1 is 1.10 bits per heavy atom. The standard InChI is InChI=1S/C15H15BrFNO2S/c1-10-4-7-15(11(2)8-10)18(3)21(19,20)12-5-6-13(16)14(17)9-12/h4-9H,1-3H3. The summed E-state index contributed by atoms with van der Waals surface area (Å²) in [6, 6.07) is 9.28. The molecule has 0 aliphatic rings. The molecule has 0 amide bonds. The number of anilines is 1. The van der Waals surface area contributed by atoms with Crippen LogP contribution in [0.3, 0.4) is 0 Å². The first-order valence-electron chi connectivity index (χ1n) is 6.24. The van der Waals surface area contributed by atoms with E-state index in [0.29, 0.717) is 5.69 Å². The maximum absolute atomic E-state index is 13.6. The van der Waals surface area contributed by atoms with Crippen LogP contribution in [0.25, 0.3) is 0 Å². The number of nitrogens with zero attached hydrogens (tertiary/aromatic N) is 1. The Kier molecular flexibility index (Phi) is 4.39. The number of hydrogen-bond acceptors (Lipinski definition) is 2. The molecule has 0 spiro atoms. The Morgan fingerprint density at radius 2 is 1.76 bits per heavy atom. The molecule has 0 aliphatic heterocycles. The summed E-state index contributed by atoms with van der Waals surface area (Å²) in [7, 11) is -2.33. The Morgan fingerprint density at radius 3 is 2.33 bits per heavy atom. The summed E-state index contributed by atoms with van der Waals surface area (Å²) in [4.78, 5) is -0.0781. The minimum absolute atomic E-state index is 0.0781. The second-order valence-electron chi connectivity index (χ2n) is 4.84. The third kappa shape index (κ3) is 3.11. The number of hydrogen-bond donors (Lipinski definition) is 0. The van der Waals surface area contributed by atoms with Gasteiger partial charge in [-0.05, 0) is 59.6 Å². The maximum Gasteiger partial charge on any atom is 0.264 e. The van der Waals surface area contributed by atoms with E-state index < -0.39 is 15.8 Å². The Bertz CT molecular complexity index is 790. The number of benzene rings is 2. The van der Waals surface area contributed by atoms with Crippen LogP contribution in [-0.4, -0.2) is 15.5 Å². The summed E-state index contributed by atoms with van der Waals surface area (Å²) < 4.78 is 40.1. The average molecular weight is 372 g/mol. The van der Waals surface area contributed by atoms with Crippen molar-refractivity contribution < 1.29 is 12.8 Å². The third-order valence-electron chi connectivity index (χ3n) is 3.24. The lowest BCUT2D eigenvalue weighted by Crippen LogP contribution is -2.27. The zero-order valence-corrected chi connectivity index (χ0v) is 14.3. The topological polar surface area (TPSA) is 37.4 Å². The highest BCUT2D eigenvalue weighted by Crippen LogP contribution is 2.27. The van der Waals surface area contributed by atoms with Crippen molar-refractivity contribution in [2.45, 2.75) is 18.7 Å². The van der Waals surface area contributed by atoms with Gasteiger partial charge in [0, 0.05) is 7.05 Å². The molecule has 0 aliphatic carbocycles. The number of rotatable bonds is 3. The van der Waals surface area contributed by atoms with E-state index in [2.05, 4.69) is 15.9 Å². The molecule has 0 unspecified atom stereocenters. The van der Waals surface area contributed by atoms with Crippen LogP contribution < -0.4 is 4.31 Å². The van der Waals surface area contributed by atoms with Gasteiger partial charge >= 0.3 is 0 Å². The fourth-order valence-corrected chi connectivity index (χ4v) is 3.60. The molecule has 0 heterocycles. The van der Waals surface area contributed by atoms with Crippen molar-refractivity contribution in [2.75, 3.05) is 11.4 Å². The fraction of sp³-hybridized carbons (Fsp3) is 0.200. The van der Waals surface area contributed by atoms with Crippen molar-refractivity contribution in [1.29, 1.82) is 0 Å². The van der Waals surface area contributed by atoms with Gasteiger partial charge in [-0.15, -0.1) is 0 Å². The third-order valence-corrected chi connectivity index (χ3v) is 5.65. The minimum atomic E-state index is -3.79. The molecule has 0 radical (unpaired) electrons. The van der Waals surface area contributed by atoms with Crippen LogP contribution in [0.5, 0.6) is 0 Å². The summed E-state index contributed by atoms with van der Waals surface area (Å²) in [6.45, 7) is 3.78. The predicted octanol–water partition coefficient (Wildman–Crippen LogP) is 4.03. The molecule has 6 heteroatoms. The van der Waals surface area contributed by atoms with Gasteiger partial charge in [0.1, 0.15) is 5.82 Å². The molecular weight excluding hydrogens is 357 g/mol. The molecule has 0 N–H and O–H groups in total. The number of aryl methyl sites for hydroxylation is 2. The number of halogens is 2. The van der Waals surface area contributed by atoms with Crippen molar-refractivity contribution in [3.63, 3.8) is 0 Å². The molecule has 0 bridgehead atoms. The van der Waals surface area contributed by atoms with Crippen LogP contribution in [0.2, 0.25) is 0 Å². The van der Waals surface area contributed by atoms with Crippen molar-refractivity contribution in [3.8, 4) is 0 Å². The lowest BCUT2D eigenvalue weighted by atomic mass is 10.1. The summed E-state index contributed by atoms with van der Waals surface area (Å²) in [5.41, 5.74) is 2.47. The van der Waals surface area contributed by atoms with Gasteiger partial charge in [-0.25, -0.2) is 12.8 Å². The Labute approximate surface area is 132 Å². The minimum Gasteiger partial charge on any atom is -0.269 e. The van der Waals surface area contributed by atoms with Gasteiger partial charge in [0.05, 0.1) is 15.1 Å². The highest BCUT2D eigenvalue weighted by atomic mass is 79.9. The van der Waals surface area contributed by atoms with Crippen LogP contribution in [0.1, 0.15) is 11.1 Å². The summed E-state index contributed by atoms with van der Waals surface area (Å²) in [6.07, 6.45) is 0. The quantitative estimate of drug-likeness (QED) is 0.816. The van der Waals surface area contributed by atoms with E-state index in [1.54, 1.807) is 6.07 Å². The molecule has 0 atom stereocenters. The monoisotopic (exact) mass is 371 g/mol. The summed E-state index contributed by atoms with van der Waals surface area (Å²) in [5, 5.41) is 0. The second-order valence-corrected chi connectivity index (χ2v) is 7.66. The van der Waals surface area contributed by atoms with Crippen molar-refractivity contribution in [3.05, 3.63) is 57.8 Å². The van der Waals surface area contributed by atoms with Gasteiger partial charge in [0.2, 0.25) is 0 Å². The second kappa shape index (κ2) is 5.77. The number of sulfonamides is 1.